The van der Waals surface area contributed by atoms with E-state index in [1.807, 2.05) is 24.3 Å². The molecule has 24 heavy (non-hydrogen) atoms. The van der Waals surface area contributed by atoms with E-state index in [9.17, 15) is 9.59 Å². The fourth-order valence-electron chi connectivity index (χ4n) is 4.68. The minimum atomic E-state index is -0.548. The summed E-state index contributed by atoms with van der Waals surface area (Å²) >= 11 is 0. The number of hydrogen-bond acceptors (Lipinski definition) is 4. The highest BCUT2D eigenvalue weighted by Crippen LogP contribution is 2.42. The molecule has 7 heteroatoms. The van der Waals surface area contributed by atoms with Gasteiger partial charge in [-0.1, -0.05) is 13.3 Å². The van der Waals surface area contributed by atoms with Crippen molar-refractivity contribution >= 4 is 17.6 Å². The summed E-state index contributed by atoms with van der Waals surface area (Å²) in [6.45, 7) is 4.37. The van der Waals surface area contributed by atoms with Crippen LogP contribution in [0.1, 0.15) is 39.0 Å². The van der Waals surface area contributed by atoms with Crippen molar-refractivity contribution in [3.8, 4) is 0 Å². The van der Waals surface area contributed by atoms with Crippen molar-refractivity contribution in [1.29, 1.82) is 0 Å². The highest BCUT2D eigenvalue weighted by molar-refractivity contribution is 6.07. The second-order valence-electron chi connectivity index (χ2n) is 7.26. The molecule has 3 aliphatic rings. The number of rotatable bonds is 4. The van der Waals surface area contributed by atoms with E-state index in [0.717, 1.165) is 50.9 Å². The molecule has 4 heterocycles. The number of hydrogen-bond donors (Lipinski definition) is 0. The van der Waals surface area contributed by atoms with Gasteiger partial charge in [0.25, 0.3) is 5.91 Å². The fourth-order valence-corrected chi connectivity index (χ4v) is 4.68. The van der Waals surface area contributed by atoms with Gasteiger partial charge in [0, 0.05) is 32.9 Å². The molecule has 3 aliphatic heterocycles. The molecule has 2 unspecified atom stereocenters. The van der Waals surface area contributed by atoms with Crippen LogP contribution in [-0.4, -0.2) is 62.7 Å². The van der Waals surface area contributed by atoms with Crippen LogP contribution >= 0.6 is 0 Å². The van der Waals surface area contributed by atoms with E-state index >= 15 is 0 Å². The van der Waals surface area contributed by atoms with E-state index in [2.05, 4.69) is 16.9 Å². The van der Waals surface area contributed by atoms with Crippen molar-refractivity contribution in [1.82, 2.24) is 19.6 Å². The van der Waals surface area contributed by atoms with E-state index in [0.29, 0.717) is 6.54 Å². The van der Waals surface area contributed by atoms with E-state index < -0.39 is 5.54 Å². The van der Waals surface area contributed by atoms with Crippen LogP contribution in [0.3, 0.4) is 0 Å². The third-order valence-electron chi connectivity index (χ3n) is 5.79. The van der Waals surface area contributed by atoms with Crippen LogP contribution in [0.25, 0.3) is 0 Å². The van der Waals surface area contributed by atoms with Crippen LogP contribution in [0.2, 0.25) is 0 Å². The summed E-state index contributed by atoms with van der Waals surface area (Å²) in [5, 5.41) is 4.21. The lowest BCUT2D eigenvalue weighted by Crippen LogP contribution is -2.46. The Balaban J connectivity index is 1.55. The minimum Gasteiger partial charge on any atom is -0.367 e. The first-order valence-corrected chi connectivity index (χ1v) is 8.95. The maximum Gasteiger partial charge on any atom is 0.327 e. The molecule has 3 amide bonds. The molecular formula is C17H25N5O2. The molecule has 0 radical (unpaired) electrons. The molecule has 4 rings (SSSR count). The maximum atomic E-state index is 13.2. The van der Waals surface area contributed by atoms with Gasteiger partial charge >= 0.3 is 6.03 Å². The van der Waals surface area contributed by atoms with Gasteiger partial charge in [-0.15, -0.1) is 0 Å². The predicted octanol–water partition coefficient (Wildman–Crippen LogP) is 1.60. The van der Waals surface area contributed by atoms with Gasteiger partial charge in [0.05, 0.1) is 17.9 Å². The third-order valence-corrected chi connectivity index (χ3v) is 5.79. The number of imide groups is 1. The largest absolute Gasteiger partial charge is 0.367 e. The Bertz CT molecular complexity index is 672. The minimum absolute atomic E-state index is 0.0236. The summed E-state index contributed by atoms with van der Waals surface area (Å²) in [5.74, 6) is 0.0462. The number of fused-ring (bicyclic) bond motifs is 1. The van der Waals surface area contributed by atoms with Crippen molar-refractivity contribution in [3.05, 3.63) is 12.4 Å². The number of aromatic nitrogens is 2. The van der Waals surface area contributed by atoms with Gasteiger partial charge in [-0.3, -0.25) is 14.4 Å². The highest BCUT2D eigenvalue weighted by atomic mass is 16.2. The lowest BCUT2D eigenvalue weighted by molar-refractivity contribution is -0.134. The average Bonchev–Trinajstić information content (AvgIpc) is 3.28. The van der Waals surface area contributed by atoms with Crippen molar-refractivity contribution < 1.29 is 9.59 Å². The summed E-state index contributed by atoms with van der Waals surface area (Å²) in [7, 11) is 1.90. The molecule has 0 bridgehead atoms. The van der Waals surface area contributed by atoms with Crippen molar-refractivity contribution in [2.75, 3.05) is 24.5 Å². The second-order valence-corrected chi connectivity index (χ2v) is 7.26. The quantitative estimate of drug-likeness (QED) is 0.786. The van der Waals surface area contributed by atoms with Crippen molar-refractivity contribution in [2.24, 2.45) is 7.05 Å². The van der Waals surface area contributed by atoms with Gasteiger partial charge in [0.15, 0.2) is 0 Å². The number of nitrogens with zero attached hydrogens (tertiary/aromatic N) is 5. The molecule has 3 saturated heterocycles. The van der Waals surface area contributed by atoms with Crippen LogP contribution in [0, 0.1) is 0 Å². The van der Waals surface area contributed by atoms with Crippen LogP contribution < -0.4 is 4.90 Å². The Morgan fingerprint density at radius 3 is 2.88 bits per heavy atom. The monoisotopic (exact) mass is 331 g/mol. The number of anilines is 1. The van der Waals surface area contributed by atoms with Crippen molar-refractivity contribution in [3.63, 3.8) is 0 Å². The van der Waals surface area contributed by atoms with Gasteiger partial charge in [-0.05, 0) is 25.7 Å². The first-order valence-electron chi connectivity index (χ1n) is 8.95. The molecule has 7 nitrogen and oxygen atoms in total. The Morgan fingerprint density at radius 2 is 2.17 bits per heavy atom. The number of aryl methyl sites for hydroxylation is 1. The molecule has 0 aliphatic carbocycles. The fraction of sp³-hybridized carbons (Fsp3) is 0.706. The summed E-state index contributed by atoms with van der Waals surface area (Å²) in [4.78, 5) is 31.7. The Labute approximate surface area is 142 Å². The zero-order valence-corrected chi connectivity index (χ0v) is 14.4. The predicted molar refractivity (Wildman–Crippen MR) is 89.6 cm³/mol. The average molecular weight is 331 g/mol. The molecular weight excluding hydrogens is 306 g/mol. The second kappa shape index (κ2) is 5.50. The number of carbonyl (C=O) groups excluding carboxylic acids is 2. The normalized spacial score (nSPS) is 29.9. The lowest BCUT2D eigenvalue weighted by atomic mass is 9.90. The van der Waals surface area contributed by atoms with Gasteiger partial charge in [-0.2, -0.15) is 5.10 Å². The van der Waals surface area contributed by atoms with E-state index in [4.69, 9.17) is 0 Å². The summed E-state index contributed by atoms with van der Waals surface area (Å²) in [5.41, 5.74) is 0.510. The number of carbonyl (C=O) groups is 2. The van der Waals surface area contributed by atoms with Crippen LogP contribution in [0.4, 0.5) is 10.5 Å². The number of amides is 3. The Morgan fingerprint density at radius 1 is 1.33 bits per heavy atom. The smallest absolute Gasteiger partial charge is 0.327 e. The van der Waals surface area contributed by atoms with Gasteiger partial charge < -0.3 is 9.80 Å². The molecule has 0 spiro atoms. The van der Waals surface area contributed by atoms with Crippen LogP contribution in [-0.2, 0) is 11.8 Å². The van der Waals surface area contributed by atoms with Gasteiger partial charge in [0.2, 0.25) is 0 Å². The molecule has 130 valence electrons. The molecule has 1 aromatic heterocycles. The Kier molecular flexibility index (Phi) is 3.54. The summed E-state index contributed by atoms with van der Waals surface area (Å²) in [6, 6.07) is -0.0893. The topological polar surface area (TPSA) is 61.7 Å². The van der Waals surface area contributed by atoms with E-state index in [1.54, 1.807) is 9.58 Å². The molecule has 0 N–H and O–H groups in total. The zero-order valence-electron chi connectivity index (χ0n) is 14.4. The first kappa shape index (κ1) is 15.5. The first-order chi connectivity index (χ1) is 11.6. The molecule has 2 atom stereocenters. The molecule has 3 fully saturated rings. The highest BCUT2D eigenvalue weighted by Gasteiger charge is 2.60. The molecule has 0 saturated carbocycles. The summed E-state index contributed by atoms with van der Waals surface area (Å²) in [6.07, 6.45) is 8.13. The number of urea groups is 1. The molecule has 0 aromatic carbocycles. The van der Waals surface area contributed by atoms with Crippen LogP contribution in [0.5, 0.6) is 0 Å². The third kappa shape index (κ3) is 2.06. The zero-order chi connectivity index (χ0) is 16.9. The lowest BCUT2D eigenvalue weighted by Gasteiger charge is -2.27. The van der Waals surface area contributed by atoms with Gasteiger partial charge in [-0.25, -0.2) is 4.79 Å². The van der Waals surface area contributed by atoms with Crippen molar-refractivity contribution in [2.45, 2.75) is 50.6 Å². The van der Waals surface area contributed by atoms with E-state index in [1.165, 1.54) is 0 Å². The van der Waals surface area contributed by atoms with Crippen LogP contribution in [0.15, 0.2) is 12.4 Å². The molecule has 1 aromatic rings. The Hall–Kier alpha value is -2.05. The SMILES string of the molecule is CCCC12CCCN1C(=O)N(C1CCN(c3cnn(C)c3)C1)C2=O. The van der Waals surface area contributed by atoms with E-state index in [-0.39, 0.29) is 18.0 Å². The summed E-state index contributed by atoms with van der Waals surface area (Å²) < 4.78 is 1.78. The van der Waals surface area contributed by atoms with Gasteiger partial charge in [0.1, 0.15) is 5.54 Å². The standard InChI is InChI=1S/C17H25N5O2/c1-3-6-17-7-4-8-21(17)16(24)22(15(17)23)13-5-9-20(12-13)14-10-18-19(2)11-14/h10-11,13H,3-9,12H2,1-2H3. The maximum absolute atomic E-state index is 13.2.